The molecule has 0 saturated heterocycles. The fourth-order valence-electron chi connectivity index (χ4n) is 2.67. The van der Waals surface area contributed by atoms with Gasteiger partial charge in [-0.25, -0.2) is 4.98 Å². The summed E-state index contributed by atoms with van der Waals surface area (Å²) in [4.78, 5) is 6.28. The number of aromatic nitrogens is 1. The van der Waals surface area contributed by atoms with Crippen LogP contribution in [0.5, 0.6) is 0 Å². The van der Waals surface area contributed by atoms with E-state index >= 15 is 0 Å². The molecule has 20 heavy (non-hydrogen) atoms. The van der Waals surface area contributed by atoms with Crippen LogP contribution in [0.15, 0.2) is 46.9 Å². The Kier molecular flexibility index (Phi) is 2.79. The van der Waals surface area contributed by atoms with E-state index in [2.05, 4.69) is 59.3 Å². The summed E-state index contributed by atoms with van der Waals surface area (Å²) in [5.41, 5.74) is 6.38. The molecule has 98 valence electrons. The third-order valence-electron chi connectivity index (χ3n) is 3.67. The minimum absolute atomic E-state index is 1.02. The molecule has 1 aliphatic rings. The van der Waals surface area contributed by atoms with Gasteiger partial charge in [-0.1, -0.05) is 51.8 Å². The summed E-state index contributed by atoms with van der Waals surface area (Å²) in [7, 11) is 0. The fourth-order valence-corrected chi connectivity index (χ4v) is 4.41. The van der Waals surface area contributed by atoms with E-state index in [-0.39, 0.29) is 0 Å². The van der Waals surface area contributed by atoms with Gasteiger partial charge >= 0.3 is 0 Å². The van der Waals surface area contributed by atoms with E-state index in [4.69, 9.17) is 4.98 Å². The Balaban J connectivity index is 1.87. The largest absolute Gasteiger partial charge is 0.236 e. The van der Waals surface area contributed by atoms with Gasteiger partial charge in [0.2, 0.25) is 0 Å². The third-order valence-corrected chi connectivity index (χ3v) is 5.45. The van der Waals surface area contributed by atoms with Gasteiger partial charge in [-0.2, -0.15) is 0 Å². The van der Waals surface area contributed by atoms with E-state index in [9.17, 15) is 0 Å². The van der Waals surface area contributed by atoms with E-state index in [0.29, 0.717) is 0 Å². The molecule has 0 aliphatic heterocycles. The molecule has 0 radical (unpaired) electrons. The van der Waals surface area contributed by atoms with Crippen molar-refractivity contribution in [2.24, 2.45) is 0 Å². The minimum atomic E-state index is 1.02. The van der Waals surface area contributed by atoms with Gasteiger partial charge in [0, 0.05) is 26.9 Å². The van der Waals surface area contributed by atoms with Crippen LogP contribution < -0.4 is 0 Å². The second-order valence-corrected chi connectivity index (χ2v) is 7.05. The van der Waals surface area contributed by atoms with Gasteiger partial charge < -0.3 is 0 Å². The Hall–Kier alpha value is -1.45. The normalized spacial score (nSPS) is 12.3. The zero-order chi connectivity index (χ0) is 13.7. The smallest absolute Gasteiger partial charge is 0.125 e. The highest BCUT2D eigenvalue weighted by molar-refractivity contribution is 9.10. The third kappa shape index (κ3) is 1.85. The van der Waals surface area contributed by atoms with Gasteiger partial charge in [0.15, 0.2) is 0 Å². The maximum Gasteiger partial charge on any atom is 0.125 e. The topological polar surface area (TPSA) is 12.9 Å². The first-order valence-corrected chi connectivity index (χ1v) is 8.18. The van der Waals surface area contributed by atoms with Gasteiger partial charge in [-0.15, -0.1) is 11.3 Å². The second kappa shape index (κ2) is 4.54. The van der Waals surface area contributed by atoms with Crippen LogP contribution in [-0.4, -0.2) is 4.98 Å². The molecule has 0 spiro atoms. The number of halogens is 1. The predicted molar refractivity (Wildman–Crippen MR) is 88.2 cm³/mol. The van der Waals surface area contributed by atoms with Crippen molar-refractivity contribution in [2.75, 3.05) is 0 Å². The van der Waals surface area contributed by atoms with Crippen molar-refractivity contribution in [3.05, 3.63) is 62.9 Å². The maximum absolute atomic E-state index is 4.89. The highest BCUT2D eigenvalue weighted by Gasteiger charge is 2.24. The number of rotatable bonds is 1. The van der Waals surface area contributed by atoms with Crippen LogP contribution in [0.1, 0.15) is 16.0 Å². The summed E-state index contributed by atoms with van der Waals surface area (Å²) in [5, 5.41) is 1.11. The van der Waals surface area contributed by atoms with E-state index in [1.807, 2.05) is 17.4 Å². The number of thiazole rings is 1. The van der Waals surface area contributed by atoms with Crippen molar-refractivity contribution in [3.8, 4) is 21.8 Å². The molecular formula is C17H12BrNS. The van der Waals surface area contributed by atoms with Crippen molar-refractivity contribution in [3.63, 3.8) is 0 Å². The molecule has 4 rings (SSSR count). The molecule has 3 aromatic rings. The highest BCUT2D eigenvalue weighted by atomic mass is 79.9. The Morgan fingerprint density at radius 3 is 2.80 bits per heavy atom. The molecule has 0 atom stereocenters. The van der Waals surface area contributed by atoms with E-state index in [0.717, 1.165) is 15.9 Å². The van der Waals surface area contributed by atoms with Gasteiger partial charge in [-0.05, 0) is 24.6 Å². The van der Waals surface area contributed by atoms with Crippen molar-refractivity contribution >= 4 is 27.3 Å². The quantitative estimate of drug-likeness (QED) is 0.448. The monoisotopic (exact) mass is 341 g/mol. The van der Waals surface area contributed by atoms with Crippen LogP contribution in [0.2, 0.25) is 0 Å². The maximum atomic E-state index is 4.89. The number of hydrogen-bond acceptors (Lipinski definition) is 2. The van der Waals surface area contributed by atoms with Crippen molar-refractivity contribution in [2.45, 2.75) is 13.3 Å². The number of benzene rings is 2. The standard InChI is InChI=1S/C17H12BrNS/c1-10-6-7-11-9-15-16(13(11)8-10)19-17(20-15)12-4-2-3-5-14(12)18/h2-8H,9H2,1H3. The lowest BCUT2D eigenvalue weighted by Gasteiger charge is -2.02. The molecule has 1 aromatic heterocycles. The zero-order valence-electron chi connectivity index (χ0n) is 11.0. The van der Waals surface area contributed by atoms with Crippen LogP contribution >= 0.6 is 27.3 Å². The Morgan fingerprint density at radius 2 is 1.95 bits per heavy atom. The molecule has 3 heteroatoms. The van der Waals surface area contributed by atoms with Crippen LogP contribution in [-0.2, 0) is 6.42 Å². The second-order valence-electron chi connectivity index (χ2n) is 5.11. The molecule has 2 aromatic carbocycles. The van der Waals surface area contributed by atoms with Crippen molar-refractivity contribution in [1.82, 2.24) is 4.98 Å². The first-order valence-electron chi connectivity index (χ1n) is 6.57. The summed E-state index contributed by atoms with van der Waals surface area (Å²) in [5.74, 6) is 0. The average molecular weight is 342 g/mol. The summed E-state index contributed by atoms with van der Waals surface area (Å²) in [6.45, 7) is 2.14. The van der Waals surface area contributed by atoms with Crippen molar-refractivity contribution < 1.29 is 0 Å². The molecule has 0 unspecified atom stereocenters. The SMILES string of the molecule is Cc1ccc2c(c1)-c1nc(-c3ccccc3Br)sc1C2. The Bertz CT molecular complexity index is 820. The molecule has 0 saturated carbocycles. The Morgan fingerprint density at radius 1 is 1.10 bits per heavy atom. The number of hydrogen-bond donors (Lipinski definition) is 0. The number of nitrogens with zero attached hydrogens (tertiary/aromatic N) is 1. The first-order chi connectivity index (χ1) is 9.72. The lowest BCUT2D eigenvalue weighted by atomic mass is 10.1. The highest BCUT2D eigenvalue weighted by Crippen LogP contribution is 2.43. The molecule has 1 aliphatic carbocycles. The van der Waals surface area contributed by atoms with Crippen LogP contribution in [0, 0.1) is 6.92 Å². The van der Waals surface area contributed by atoms with Crippen LogP contribution in [0.4, 0.5) is 0 Å². The lowest BCUT2D eigenvalue weighted by Crippen LogP contribution is -1.84. The molecule has 0 fully saturated rings. The zero-order valence-corrected chi connectivity index (χ0v) is 13.4. The fraction of sp³-hybridized carbons (Fsp3) is 0.118. The molecule has 0 bridgehead atoms. The van der Waals surface area contributed by atoms with Crippen molar-refractivity contribution in [1.29, 1.82) is 0 Å². The first kappa shape index (κ1) is 12.3. The summed E-state index contributed by atoms with van der Waals surface area (Å²) in [6, 6.07) is 15.0. The van der Waals surface area contributed by atoms with Gasteiger partial charge in [0.05, 0.1) is 5.69 Å². The lowest BCUT2D eigenvalue weighted by molar-refractivity contribution is 1.30. The van der Waals surface area contributed by atoms with Gasteiger partial charge in [0.1, 0.15) is 5.01 Å². The molecule has 0 N–H and O–H groups in total. The number of aryl methyl sites for hydroxylation is 1. The minimum Gasteiger partial charge on any atom is -0.236 e. The van der Waals surface area contributed by atoms with E-state index in [1.54, 1.807) is 0 Å². The van der Waals surface area contributed by atoms with Gasteiger partial charge in [0.25, 0.3) is 0 Å². The molecule has 1 nitrogen and oxygen atoms in total. The Labute approximate surface area is 130 Å². The number of fused-ring (bicyclic) bond motifs is 3. The van der Waals surface area contributed by atoms with Gasteiger partial charge in [-0.3, -0.25) is 0 Å². The molecule has 0 amide bonds. The van der Waals surface area contributed by atoms with E-state index < -0.39 is 0 Å². The summed E-state index contributed by atoms with van der Waals surface area (Å²) >= 11 is 5.43. The van der Waals surface area contributed by atoms with E-state index in [1.165, 1.54) is 32.8 Å². The summed E-state index contributed by atoms with van der Waals surface area (Å²) < 4.78 is 1.11. The van der Waals surface area contributed by atoms with Crippen LogP contribution in [0.3, 0.4) is 0 Å². The summed E-state index contributed by atoms with van der Waals surface area (Å²) in [6.07, 6.45) is 1.02. The molecular weight excluding hydrogens is 330 g/mol. The molecule has 1 heterocycles. The average Bonchev–Trinajstić information content (AvgIpc) is 2.97. The van der Waals surface area contributed by atoms with Crippen LogP contribution in [0.25, 0.3) is 21.8 Å². The predicted octanol–water partition coefficient (Wildman–Crippen LogP) is 5.45.